The van der Waals surface area contributed by atoms with Gasteiger partial charge in [-0.05, 0) is 48.4 Å². The van der Waals surface area contributed by atoms with Gasteiger partial charge in [0.15, 0.2) is 0 Å². The second-order valence-corrected chi connectivity index (χ2v) is 5.88. The first-order valence-corrected chi connectivity index (χ1v) is 8.17. The number of nitrogens with two attached hydrogens (primary N) is 2. The van der Waals surface area contributed by atoms with E-state index in [2.05, 4.69) is 36.2 Å². The standard InChI is InChI=1S/C19H27N3/c1-3-4-5-9-16-12-18(14(2)22-19(16)21)11-15-8-6-7-10-17(15)13-20/h6-8,10,12H,3-5,9,11,13,20H2,1-2H3,(H2,21,22). The van der Waals surface area contributed by atoms with Crippen LogP contribution >= 0.6 is 0 Å². The monoisotopic (exact) mass is 297 g/mol. The smallest absolute Gasteiger partial charge is 0.126 e. The van der Waals surface area contributed by atoms with Crippen molar-refractivity contribution in [3.05, 3.63) is 58.3 Å². The van der Waals surface area contributed by atoms with E-state index in [1.165, 1.54) is 41.5 Å². The summed E-state index contributed by atoms with van der Waals surface area (Å²) in [6.45, 7) is 4.82. The third-order valence-electron chi connectivity index (χ3n) is 4.20. The summed E-state index contributed by atoms with van der Waals surface area (Å²) >= 11 is 0. The first-order chi connectivity index (χ1) is 10.7. The minimum Gasteiger partial charge on any atom is -0.383 e. The maximum absolute atomic E-state index is 6.09. The maximum atomic E-state index is 6.09. The number of anilines is 1. The van der Waals surface area contributed by atoms with Gasteiger partial charge in [-0.3, -0.25) is 0 Å². The molecule has 2 rings (SSSR count). The number of nitrogen functional groups attached to an aromatic ring is 1. The van der Waals surface area contributed by atoms with Gasteiger partial charge in [0.1, 0.15) is 5.82 Å². The second-order valence-electron chi connectivity index (χ2n) is 5.88. The molecule has 3 nitrogen and oxygen atoms in total. The molecule has 1 heterocycles. The lowest BCUT2D eigenvalue weighted by Gasteiger charge is -2.13. The number of hydrogen-bond acceptors (Lipinski definition) is 3. The van der Waals surface area contributed by atoms with Gasteiger partial charge in [0, 0.05) is 12.2 Å². The zero-order chi connectivity index (χ0) is 15.9. The topological polar surface area (TPSA) is 64.9 Å². The highest BCUT2D eigenvalue weighted by Crippen LogP contribution is 2.21. The van der Waals surface area contributed by atoms with Gasteiger partial charge in [-0.15, -0.1) is 0 Å². The number of benzene rings is 1. The highest BCUT2D eigenvalue weighted by molar-refractivity contribution is 5.45. The van der Waals surface area contributed by atoms with Crippen molar-refractivity contribution in [2.75, 3.05) is 5.73 Å². The van der Waals surface area contributed by atoms with Crippen LogP contribution in [0.5, 0.6) is 0 Å². The molecule has 1 aromatic heterocycles. The molecular formula is C19H27N3. The van der Waals surface area contributed by atoms with Gasteiger partial charge < -0.3 is 11.5 Å². The number of hydrogen-bond donors (Lipinski definition) is 2. The summed E-state index contributed by atoms with van der Waals surface area (Å²) in [4.78, 5) is 4.55. The SMILES string of the molecule is CCCCCc1cc(Cc2ccccc2CN)c(C)nc1N. The molecule has 0 spiro atoms. The fraction of sp³-hybridized carbons (Fsp3) is 0.421. The van der Waals surface area contributed by atoms with Gasteiger partial charge in [0.05, 0.1) is 0 Å². The van der Waals surface area contributed by atoms with Crippen molar-refractivity contribution in [2.24, 2.45) is 5.73 Å². The third-order valence-corrected chi connectivity index (χ3v) is 4.20. The molecule has 0 amide bonds. The van der Waals surface area contributed by atoms with Crippen LogP contribution in [-0.4, -0.2) is 4.98 Å². The molecule has 0 unspecified atom stereocenters. The van der Waals surface area contributed by atoms with Crippen molar-refractivity contribution < 1.29 is 0 Å². The lowest BCUT2D eigenvalue weighted by Crippen LogP contribution is -2.06. The van der Waals surface area contributed by atoms with E-state index in [0.29, 0.717) is 12.4 Å². The van der Waals surface area contributed by atoms with E-state index >= 15 is 0 Å². The Morgan fingerprint density at radius 3 is 2.41 bits per heavy atom. The minimum absolute atomic E-state index is 0.570. The molecule has 1 aromatic carbocycles. The molecular weight excluding hydrogens is 270 g/mol. The van der Waals surface area contributed by atoms with Crippen LogP contribution < -0.4 is 11.5 Å². The van der Waals surface area contributed by atoms with Crippen molar-refractivity contribution in [1.82, 2.24) is 4.98 Å². The molecule has 22 heavy (non-hydrogen) atoms. The van der Waals surface area contributed by atoms with Crippen LogP contribution in [0.15, 0.2) is 30.3 Å². The van der Waals surface area contributed by atoms with Gasteiger partial charge >= 0.3 is 0 Å². The summed E-state index contributed by atoms with van der Waals surface area (Å²) in [5.41, 5.74) is 17.9. The van der Waals surface area contributed by atoms with Gasteiger partial charge in [-0.25, -0.2) is 4.98 Å². The number of nitrogens with zero attached hydrogens (tertiary/aromatic N) is 1. The predicted octanol–water partition coefficient (Wildman–Crippen LogP) is 3.75. The molecule has 3 heteroatoms. The Morgan fingerprint density at radius 1 is 1.00 bits per heavy atom. The summed E-state index contributed by atoms with van der Waals surface area (Å²) in [5, 5.41) is 0. The molecule has 118 valence electrons. The van der Waals surface area contributed by atoms with Gasteiger partial charge in [-0.2, -0.15) is 0 Å². The lowest BCUT2D eigenvalue weighted by atomic mass is 9.96. The summed E-state index contributed by atoms with van der Waals surface area (Å²) in [7, 11) is 0. The van der Waals surface area contributed by atoms with Crippen LogP contribution in [0.4, 0.5) is 5.82 Å². The van der Waals surface area contributed by atoms with Crippen LogP contribution in [0.2, 0.25) is 0 Å². The number of pyridine rings is 1. The maximum Gasteiger partial charge on any atom is 0.126 e. The van der Waals surface area contributed by atoms with Crippen molar-refractivity contribution >= 4 is 5.82 Å². The van der Waals surface area contributed by atoms with Gasteiger partial charge in [0.2, 0.25) is 0 Å². The van der Waals surface area contributed by atoms with E-state index in [0.717, 1.165) is 18.5 Å². The average molecular weight is 297 g/mol. The van der Waals surface area contributed by atoms with E-state index < -0.39 is 0 Å². The largest absolute Gasteiger partial charge is 0.383 e. The van der Waals surface area contributed by atoms with E-state index in [-0.39, 0.29) is 0 Å². The zero-order valence-corrected chi connectivity index (χ0v) is 13.7. The molecule has 0 fully saturated rings. The number of rotatable bonds is 7. The fourth-order valence-electron chi connectivity index (χ4n) is 2.79. The first-order valence-electron chi connectivity index (χ1n) is 8.17. The van der Waals surface area contributed by atoms with Crippen LogP contribution in [0, 0.1) is 6.92 Å². The van der Waals surface area contributed by atoms with Crippen LogP contribution in [0.3, 0.4) is 0 Å². The summed E-state index contributed by atoms with van der Waals surface area (Å²) in [6.07, 6.45) is 5.50. The molecule has 0 aliphatic rings. The Bertz CT molecular complexity index is 620. The lowest BCUT2D eigenvalue weighted by molar-refractivity contribution is 0.716. The van der Waals surface area contributed by atoms with Gasteiger partial charge in [-0.1, -0.05) is 50.1 Å². The first kappa shape index (κ1) is 16.5. The Hall–Kier alpha value is -1.87. The van der Waals surface area contributed by atoms with Crippen LogP contribution in [0.25, 0.3) is 0 Å². The molecule has 0 aliphatic heterocycles. The third kappa shape index (κ3) is 4.08. The quantitative estimate of drug-likeness (QED) is 0.765. The number of unbranched alkanes of at least 4 members (excludes halogenated alkanes) is 2. The second kappa shape index (κ2) is 7.95. The Balaban J connectivity index is 2.24. The van der Waals surface area contributed by atoms with E-state index in [9.17, 15) is 0 Å². The minimum atomic E-state index is 0.570. The van der Waals surface area contributed by atoms with E-state index in [4.69, 9.17) is 11.5 Å². The highest BCUT2D eigenvalue weighted by Gasteiger charge is 2.09. The average Bonchev–Trinajstić information content (AvgIpc) is 2.52. The summed E-state index contributed by atoms with van der Waals surface area (Å²) < 4.78 is 0. The number of aromatic nitrogens is 1. The van der Waals surface area contributed by atoms with E-state index in [1.807, 2.05) is 13.0 Å². The molecule has 0 atom stereocenters. The predicted molar refractivity (Wildman–Crippen MR) is 93.8 cm³/mol. The molecule has 0 bridgehead atoms. The molecule has 0 saturated heterocycles. The highest BCUT2D eigenvalue weighted by atomic mass is 14.8. The van der Waals surface area contributed by atoms with Crippen LogP contribution in [0.1, 0.15) is 54.1 Å². The van der Waals surface area contributed by atoms with Crippen molar-refractivity contribution in [3.63, 3.8) is 0 Å². The molecule has 0 saturated carbocycles. The normalized spacial score (nSPS) is 10.9. The number of aryl methyl sites for hydroxylation is 2. The van der Waals surface area contributed by atoms with Crippen molar-refractivity contribution in [1.29, 1.82) is 0 Å². The summed E-state index contributed by atoms with van der Waals surface area (Å²) in [5.74, 6) is 0.685. The Morgan fingerprint density at radius 2 is 1.73 bits per heavy atom. The Labute approximate surface area is 133 Å². The molecule has 0 radical (unpaired) electrons. The molecule has 2 aromatic rings. The van der Waals surface area contributed by atoms with Gasteiger partial charge in [0.25, 0.3) is 0 Å². The molecule has 4 N–H and O–H groups in total. The fourth-order valence-corrected chi connectivity index (χ4v) is 2.79. The summed E-state index contributed by atoms with van der Waals surface area (Å²) in [6, 6.07) is 10.6. The van der Waals surface area contributed by atoms with Crippen molar-refractivity contribution in [3.8, 4) is 0 Å². The van der Waals surface area contributed by atoms with Crippen LogP contribution in [-0.2, 0) is 19.4 Å². The molecule has 0 aliphatic carbocycles. The van der Waals surface area contributed by atoms with E-state index in [1.54, 1.807) is 0 Å². The Kier molecular flexibility index (Phi) is 5.96. The van der Waals surface area contributed by atoms with Crippen molar-refractivity contribution in [2.45, 2.75) is 52.5 Å². The zero-order valence-electron chi connectivity index (χ0n) is 13.7.